The molecule has 0 aliphatic rings. The van der Waals surface area contributed by atoms with Gasteiger partial charge in [-0.1, -0.05) is 26.2 Å². The molecule has 0 aliphatic heterocycles. The molecule has 0 bridgehead atoms. The van der Waals surface area contributed by atoms with Crippen LogP contribution in [0.1, 0.15) is 32.6 Å². The van der Waals surface area contributed by atoms with Crippen molar-refractivity contribution in [2.45, 2.75) is 32.6 Å². The zero-order valence-electron chi connectivity index (χ0n) is 8.05. The fourth-order valence-electron chi connectivity index (χ4n) is 1.05. The summed E-state index contributed by atoms with van der Waals surface area (Å²) in [4.78, 5) is 1.45. The van der Waals surface area contributed by atoms with Crippen LogP contribution in [0.5, 0.6) is 0 Å². The van der Waals surface area contributed by atoms with Crippen LogP contribution in [-0.4, -0.2) is 22.5 Å². The van der Waals surface area contributed by atoms with Crippen LogP contribution >= 0.6 is 12.2 Å². The Kier molecular flexibility index (Phi) is 6.22. The van der Waals surface area contributed by atoms with Gasteiger partial charge in [-0.2, -0.15) is 0 Å². The summed E-state index contributed by atoms with van der Waals surface area (Å²) in [5, 5.41) is 7.38. The van der Waals surface area contributed by atoms with Crippen LogP contribution in [0.4, 0.5) is 0 Å². The maximum atomic E-state index is 7.20. The van der Waals surface area contributed by atoms with E-state index in [1.807, 2.05) is 0 Å². The summed E-state index contributed by atoms with van der Waals surface area (Å²) in [5.41, 5.74) is 10.7. The molecule has 0 radical (unpaired) electrons. The summed E-state index contributed by atoms with van der Waals surface area (Å²) in [7, 11) is 0. The van der Waals surface area contributed by atoms with Crippen LogP contribution < -0.4 is 11.5 Å². The van der Waals surface area contributed by atoms with Crippen molar-refractivity contribution >= 4 is 23.3 Å². The van der Waals surface area contributed by atoms with E-state index in [1.54, 1.807) is 0 Å². The molecular weight excluding hydrogens is 184 g/mol. The van der Waals surface area contributed by atoms with Gasteiger partial charge in [0.15, 0.2) is 11.1 Å². The zero-order chi connectivity index (χ0) is 10.3. The second kappa shape index (κ2) is 6.65. The van der Waals surface area contributed by atoms with Gasteiger partial charge in [0.05, 0.1) is 0 Å². The molecule has 0 atom stereocenters. The Morgan fingerprint density at radius 2 is 1.92 bits per heavy atom. The molecule has 0 aromatic carbocycles. The van der Waals surface area contributed by atoms with Gasteiger partial charge in [-0.3, -0.25) is 10.3 Å². The van der Waals surface area contributed by atoms with Gasteiger partial charge >= 0.3 is 0 Å². The minimum Gasteiger partial charge on any atom is -0.376 e. The SMILES string of the molecule is CCCCCCN(C(=N)N)C(N)=S. The maximum Gasteiger partial charge on any atom is 0.194 e. The molecule has 0 unspecified atom stereocenters. The lowest BCUT2D eigenvalue weighted by atomic mass is 10.2. The van der Waals surface area contributed by atoms with Crippen LogP contribution in [0, 0.1) is 5.41 Å². The molecule has 0 aliphatic carbocycles. The van der Waals surface area contributed by atoms with Crippen LogP contribution in [0.25, 0.3) is 0 Å². The topological polar surface area (TPSA) is 79.1 Å². The minimum atomic E-state index is -0.0657. The Morgan fingerprint density at radius 1 is 1.31 bits per heavy atom. The average molecular weight is 202 g/mol. The lowest BCUT2D eigenvalue weighted by Crippen LogP contribution is -2.44. The highest BCUT2D eigenvalue weighted by atomic mass is 32.1. The number of hydrogen-bond acceptors (Lipinski definition) is 2. The van der Waals surface area contributed by atoms with Gasteiger partial charge in [0.25, 0.3) is 0 Å². The van der Waals surface area contributed by atoms with Crippen molar-refractivity contribution in [2.75, 3.05) is 6.54 Å². The molecule has 13 heavy (non-hydrogen) atoms. The molecule has 0 saturated carbocycles. The standard InChI is InChI=1S/C8H18N4S/c1-2-3-4-5-6-12(7(9)10)8(11)13/h2-6H2,1H3,(H3,9,10)(H2,11,13). The predicted molar refractivity (Wildman–Crippen MR) is 59.5 cm³/mol. The monoisotopic (exact) mass is 202 g/mol. The molecule has 4 nitrogen and oxygen atoms in total. The summed E-state index contributed by atoms with van der Waals surface area (Å²) in [5.74, 6) is -0.0657. The quantitative estimate of drug-likeness (QED) is 0.269. The van der Waals surface area contributed by atoms with E-state index in [1.165, 1.54) is 17.7 Å². The normalized spacial score (nSPS) is 9.62. The molecule has 0 aromatic rings. The molecule has 0 heterocycles. The maximum absolute atomic E-state index is 7.20. The van der Waals surface area contributed by atoms with Crippen molar-refractivity contribution in [2.24, 2.45) is 11.5 Å². The number of rotatable bonds is 5. The van der Waals surface area contributed by atoms with E-state index >= 15 is 0 Å². The largest absolute Gasteiger partial charge is 0.376 e. The summed E-state index contributed by atoms with van der Waals surface area (Å²) in [6.07, 6.45) is 4.49. The first-order valence-corrected chi connectivity index (χ1v) is 4.91. The highest BCUT2D eigenvalue weighted by Crippen LogP contribution is 2.00. The molecule has 5 heteroatoms. The Hall–Kier alpha value is -0.840. The fraction of sp³-hybridized carbons (Fsp3) is 0.750. The fourth-order valence-corrected chi connectivity index (χ4v) is 1.24. The number of nitrogens with two attached hydrogens (primary N) is 2. The molecule has 0 amide bonds. The first-order chi connectivity index (χ1) is 6.09. The molecule has 76 valence electrons. The van der Waals surface area contributed by atoms with Gasteiger partial charge in [0.1, 0.15) is 0 Å². The van der Waals surface area contributed by atoms with E-state index in [-0.39, 0.29) is 11.1 Å². The summed E-state index contributed by atoms with van der Waals surface area (Å²) >= 11 is 4.75. The van der Waals surface area contributed by atoms with Crippen LogP contribution in [0.2, 0.25) is 0 Å². The van der Waals surface area contributed by atoms with Crippen LogP contribution in [-0.2, 0) is 0 Å². The first kappa shape index (κ1) is 12.2. The lowest BCUT2D eigenvalue weighted by Gasteiger charge is -2.19. The van der Waals surface area contributed by atoms with Crippen molar-refractivity contribution < 1.29 is 0 Å². The average Bonchev–Trinajstić information content (AvgIpc) is 2.02. The predicted octanol–water partition coefficient (Wildman–Crippen LogP) is 1.01. The van der Waals surface area contributed by atoms with Gasteiger partial charge in [-0.25, -0.2) is 0 Å². The molecule has 0 aromatic heterocycles. The highest BCUT2D eigenvalue weighted by Gasteiger charge is 2.07. The van der Waals surface area contributed by atoms with Crippen molar-refractivity contribution in [3.8, 4) is 0 Å². The Morgan fingerprint density at radius 3 is 2.31 bits per heavy atom. The van der Waals surface area contributed by atoms with E-state index in [2.05, 4.69) is 6.92 Å². The lowest BCUT2D eigenvalue weighted by molar-refractivity contribution is 0.537. The number of nitrogens with one attached hydrogen (secondary N) is 1. The van der Waals surface area contributed by atoms with Crippen molar-refractivity contribution in [1.82, 2.24) is 4.90 Å². The summed E-state index contributed by atoms with van der Waals surface area (Å²) < 4.78 is 0. The third kappa shape index (κ3) is 5.41. The van der Waals surface area contributed by atoms with E-state index in [9.17, 15) is 0 Å². The third-order valence-electron chi connectivity index (χ3n) is 1.79. The second-order valence-corrected chi connectivity index (χ2v) is 3.35. The number of unbranched alkanes of at least 4 members (excludes halogenated alkanes) is 3. The summed E-state index contributed by atoms with van der Waals surface area (Å²) in [6, 6.07) is 0. The third-order valence-corrected chi connectivity index (χ3v) is 2.01. The van der Waals surface area contributed by atoms with Gasteiger partial charge in [-0.05, 0) is 18.6 Å². The number of hydrogen-bond donors (Lipinski definition) is 3. The van der Waals surface area contributed by atoms with Crippen molar-refractivity contribution in [3.05, 3.63) is 0 Å². The van der Waals surface area contributed by atoms with Gasteiger partial charge < -0.3 is 11.5 Å². The van der Waals surface area contributed by atoms with Crippen molar-refractivity contribution in [3.63, 3.8) is 0 Å². The molecule has 0 fully saturated rings. The number of nitrogens with zero attached hydrogens (tertiary/aromatic N) is 1. The molecule has 5 N–H and O–H groups in total. The van der Waals surface area contributed by atoms with Crippen LogP contribution in [0.3, 0.4) is 0 Å². The Balaban J connectivity index is 3.71. The van der Waals surface area contributed by atoms with E-state index in [0.29, 0.717) is 6.54 Å². The molecule has 0 spiro atoms. The van der Waals surface area contributed by atoms with Gasteiger partial charge in [-0.15, -0.1) is 0 Å². The Labute approximate surface area is 84.8 Å². The van der Waals surface area contributed by atoms with E-state index in [4.69, 9.17) is 29.1 Å². The van der Waals surface area contributed by atoms with Crippen LogP contribution in [0.15, 0.2) is 0 Å². The zero-order valence-corrected chi connectivity index (χ0v) is 8.86. The highest BCUT2D eigenvalue weighted by molar-refractivity contribution is 7.80. The molecule has 0 saturated heterocycles. The van der Waals surface area contributed by atoms with Gasteiger partial charge in [0, 0.05) is 6.54 Å². The number of guanidine groups is 1. The number of thiocarbonyl (C=S) groups is 1. The molecular formula is C8H18N4S. The molecule has 0 rings (SSSR count). The Bertz CT molecular complexity index is 167. The van der Waals surface area contributed by atoms with E-state index in [0.717, 1.165) is 12.8 Å². The first-order valence-electron chi connectivity index (χ1n) is 4.50. The van der Waals surface area contributed by atoms with Crippen molar-refractivity contribution in [1.29, 1.82) is 5.41 Å². The van der Waals surface area contributed by atoms with E-state index < -0.39 is 0 Å². The smallest absolute Gasteiger partial charge is 0.194 e. The summed E-state index contributed by atoms with van der Waals surface area (Å²) in [6.45, 7) is 2.81. The minimum absolute atomic E-state index is 0.0657. The second-order valence-electron chi connectivity index (χ2n) is 2.94. The van der Waals surface area contributed by atoms with Gasteiger partial charge in [0.2, 0.25) is 0 Å².